The van der Waals surface area contributed by atoms with Gasteiger partial charge >= 0.3 is 5.97 Å². The normalized spacial score (nSPS) is 22.0. The Labute approximate surface area is 242 Å². The van der Waals surface area contributed by atoms with Gasteiger partial charge in [-0.3, -0.25) is 4.79 Å². The van der Waals surface area contributed by atoms with E-state index < -0.39 is 11.6 Å². The summed E-state index contributed by atoms with van der Waals surface area (Å²) in [6.45, 7) is 4.21. The number of hydrogen-bond acceptors (Lipinski definition) is 4. The molecule has 3 aromatic carbocycles. The number of aryl methyl sites for hydroxylation is 1. The van der Waals surface area contributed by atoms with Gasteiger partial charge in [0.1, 0.15) is 12.4 Å². The molecule has 4 nitrogen and oxygen atoms in total. The number of hydrogen-bond donors (Lipinski definition) is 0. The Kier molecular flexibility index (Phi) is 9.58. The Morgan fingerprint density at radius 3 is 2.07 bits per heavy atom. The molecule has 218 valence electrons. The van der Waals surface area contributed by atoms with Crippen molar-refractivity contribution in [3.63, 3.8) is 0 Å². The number of ether oxygens (including phenoxy) is 3. The fourth-order valence-electron chi connectivity index (χ4n) is 6.56. The lowest BCUT2D eigenvalue weighted by Crippen LogP contribution is -2.34. The zero-order valence-corrected chi connectivity index (χ0v) is 24.0. The minimum Gasteiger partial charge on any atom is -0.491 e. The van der Waals surface area contributed by atoms with Crippen LogP contribution in [0.4, 0.5) is 8.78 Å². The van der Waals surface area contributed by atoms with Crippen molar-refractivity contribution in [1.82, 2.24) is 0 Å². The highest BCUT2D eigenvalue weighted by molar-refractivity contribution is 5.75. The fraction of sp³-hybridized carbons (Fsp3) is 0.457. The number of rotatable bonds is 10. The number of fused-ring (bicyclic) bond motifs is 1. The third-order valence-corrected chi connectivity index (χ3v) is 8.78. The van der Waals surface area contributed by atoms with Gasteiger partial charge < -0.3 is 14.2 Å². The lowest BCUT2D eigenvalue weighted by atomic mass is 9.64. The second kappa shape index (κ2) is 13.5. The van der Waals surface area contributed by atoms with Crippen molar-refractivity contribution in [2.24, 2.45) is 17.8 Å². The Bertz CT molecular complexity index is 1300. The van der Waals surface area contributed by atoms with Gasteiger partial charge in [-0.25, -0.2) is 0 Å². The van der Waals surface area contributed by atoms with Crippen molar-refractivity contribution in [2.75, 3.05) is 6.61 Å². The molecule has 0 spiro atoms. The molecule has 0 amide bonds. The van der Waals surface area contributed by atoms with Gasteiger partial charge in [-0.05, 0) is 111 Å². The number of esters is 1. The third kappa shape index (κ3) is 7.09. The van der Waals surface area contributed by atoms with E-state index in [-0.39, 0.29) is 36.6 Å². The van der Waals surface area contributed by atoms with E-state index in [0.717, 1.165) is 31.2 Å². The van der Waals surface area contributed by atoms with E-state index >= 15 is 0 Å². The molecule has 2 aliphatic rings. The summed E-state index contributed by atoms with van der Waals surface area (Å²) < 4.78 is 44.6. The van der Waals surface area contributed by atoms with Gasteiger partial charge in [0.15, 0.2) is 11.5 Å². The maximum atomic E-state index is 14.3. The summed E-state index contributed by atoms with van der Waals surface area (Å²) in [5.41, 5.74) is 3.63. The number of halogens is 2. The van der Waals surface area contributed by atoms with Gasteiger partial charge in [-0.2, -0.15) is 8.78 Å². The van der Waals surface area contributed by atoms with Crippen molar-refractivity contribution in [3.8, 4) is 17.2 Å². The number of carbonyl (C=O) groups excluding carboxylic acids is 1. The lowest BCUT2D eigenvalue weighted by molar-refractivity contribution is -0.141. The molecule has 0 aliphatic heterocycles. The van der Waals surface area contributed by atoms with Crippen LogP contribution in [-0.4, -0.2) is 12.6 Å². The van der Waals surface area contributed by atoms with Gasteiger partial charge in [0.05, 0.1) is 12.5 Å². The molecule has 0 radical (unpaired) electrons. The molecule has 2 saturated carbocycles. The Morgan fingerprint density at radius 1 is 0.756 bits per heavy atom. The standard InChI is InChI=1S/C35H40F2O4/c1-3-5-23-6-10-25(11-7-23)26-12-13-28-21-29(15-14-27(28)20-26)35(38)41-30-16-8-24(9-17-30)22-40-32-19-18-31(39-4-2)33(36)34(32)37/h6-11,16-19,26-29H,3-5,12-15,20-22H2,1-2H3. The minimum absolute atomic E-state index is 0.0497. The van der Waals surface area contributed by atoms with Crippen LogP contribution in [0, 0.1) is 29.4 Å². The van der Waals surface area contributed by atoms with Crippen LogP contribution >= 0.6 is 0 Å². The van der Waals surface area contributed by atoms with Crippen molar-refractivity contribution >= 4 is 5.97 Å². The summed E-state index contributed by atoms with van der Waals surface area (Å²) in [6, 6.07) is 18.9. The zero-order chi connectivity index (χ0) is 28.8. The highest BCUT2D eigenvalue weighted by atomic mass is 19.2. The Balaban J connectivity index is 1.09. The first-order valence-corrected chi connectivity index (χ1v) is 15.1. The number of carbonyl (C=O) groups is 1. The zero-order valence-electron chi connectivity index (χ0n) is 24.0. The Morgan fingerprint density at radius 2 is 1.39 bits per heavy atom. The van der Waals surface area contributed by atoms with E-state index in [0.29, 0.717) is 23.5 Å². The molecule has 41 heavy (non-hydrogen) atoms. The summed E-state index contributed by atoms with van der Waals surface area (Å²) in [4.78, 5) is 13.0. The summed E-state index contributed by atoms with van der Waals surface area (Å²) in [5, 5.41) is 0. The first-order chi connectivity index (χ1) is 19.9. The van der Waals surface area contributed by atoms with Crippen LogP contribution < -0.4 is 14.2 Å². The average Bonchev–Trinajstić information content (AvgIpc) is 3.00. The molecule has 0 heterocycles. The van der Waals surface area contributed by atoms with Crippen molar-refractivity contribution < 1.29 is 27.8 Å². The molecular weight excluding hydrogens is 522 g/mol. The fourth-order valence-corrected chi connectivity index (χ4v) is 6.56. The van der Waals surface area contributed by atoms with Crippen LogP contribution in [0.1, 0.15) is 81.4 Å². The van der Waals surface area contributed by atoms with Crippen LogP contribution in [0.3, 0.4) is 0 Å². The highest BCUT2D eigenvalue weighted by Crippen LogP contribution is 2.48. The molecule has 0 N–H and O–H groups in total. The predicted molar refractivity (Wildman–Crippen MR) is 155 cm³/mol. The van der Waals surface area contributed by atoms with Crippen LogP contribution in [0.5, 0.6) is 17.2 Å². The largest absolute Gasteiger partial charge is 0.491 e. The van der Waals surface area contributed by atoms with Crippen LogP contribution in [0.25, 0.3) is 0 Å². The molecule has 3 aromatic rings. The first kappa shape index (κ1) is 29.1. The van der Waals surface area contributed by atoms with Gasteiger partial charge in [0.2, 0.25) is 11.6 Å². The molecule has 0 saturated heterocycles. The third-order valence-electron chi connectivity index (χ3n) is 8.78. The molecule has 0 aromatic heterocycles. The molecule has 0 bridgehead atoms. The van der Waals surface area contributed by atoms with Crippen LogP contribution in [0.2, 0.25) is 0 Å². The summed E-state index contributed by atoms with van der Waals surface area (Å²) in [5.74, 6) is -0.317. The maximum absolute atomic E-state index is 14.3. The van der Waals surface area contributed by atoms with E-state index in [2.05, 4.69) is 31.2 Å². The molecular formula is C35H40F2O4. The van der Waals surface area contributed by atoms with Gasteiger partial charge in [-0.15, -0.1) is 0 Å². The summed E-state index contributed by atoms with van der Waals surface area (Å²) >= 11 is 0. The smallest absolute Gasteiger partial charge is 0.314 e. The minimum atomic E-state index is -1.08. The summed E-state index contributed by atoms with van der Waals surface area (Å²) in [6.07, 6.45) is 8.74. The second-order valence-corrected chi connectivity index (χ2v) is 11.5. The van der Waals surface area contributed by atoms with Gasteiger partial charge in [-0.1, -0.05) is 49.7 Å². The van der Waals surface area contributed by atoms with E-state index in [1.165, 1.54) is 48.9 Å². The maximum Gasteiger partial charge on any atom is 0.314 e. The second-order valence-electron chi connectivity index (χ2n) is 11.5. The van der Waals surface area contributed by atoms with E-state index in [9.17, 15) is 13.6 Å². The summed E-state index contributed by atoms with van der Waals surface area (Å²) in [7, 11) is 0. The van der Waals surface area contributed by atoms with E-state index in [1.807, 2.05) is 0 Å². The SMILES string of the molecule is CCCc1ccc(C2CCC3CC(C(=O)Oc4ccc(COc5ccc(OCC)c(F)c5F)cc4)CCC3C2)cc1. The molecule has 2 aliphatic carbocycles. The number of benzene rings is 3. The van der Waals surface area contributed by atoms with Crippen LogP contribution in [0.15, 0.2) is 60.7 Å². The molecule has 5 rings (SSSR count). The van der Waals surface area contributed by atoms with E-state index in [4.69, 9.17) is 14.2 Å². The average molecular weight is 563 g/mol. The predicted octanol–water partition coefficient (Wildman–Crippen LogP) is 8.80. The quantitative estimate of drug-likeness (QED) is 0.183. The Hall–Kier alpha value is -3.41. The molecule has 6 heteroatoms. The van der Waals surface area contributed by atoms with Crippen molar-refractivity contribution in [2.45, 2.75) is 77.7 Å². The molecule has 2 fully saturated rings. The van der Waals surface area contributed by atoms with Gasteiger partial charge in [0, 0.05) is 0 Å². The van der Waals surface area contributed by atoms with Crippen molar-refractivity contribution in [1.29, 1.82) is 0 Å². The van der Waals surface area contributed by atoms with Gasteiger partial charge in [0.25, 0.3) is 0 Å². The van der Waals surface area contributed by atoms with Crippen molar-refractivity contribution in [3.05, 3.63) is 89.0 Å². The first-order valence-electron chi connectivity index (χ1n) is 15.1. The molecule has 4 unspecified atom stereocenters. The lowest BCUT2D eigenvalue weighted by Gasteiger charge is -2.41. The topological polar surface area (TPSA) is 44.8 Å². The van der Waals surface area contributed by atoms with E-state index in [1.54, 1.807) is 31.2 Å². The molecule has 4 atom stereocenters. The highest BCUT2D eigenvalue weighted by Gasteiger charge is 2.38. The monoisotopic (exact) mass is 562 g/mol. The van der Waals surface area contributed by atoms with Crippen LogP contribution in [-0.2, 0) is 17.8 Å².